The molecule has 0 amide bonds. The van der Waals surface area contributed by atoms with Crippen LogP contribution in [-0.4, -0.2) is 24.2 Å². The lowest BCUT2D eigenvalue weighted by Gasteiger charge is -2.16. The van der Waals surface area contributed by atoms with E-state index in [9.17, 15) is 0 Å². The molecule has 0 saturated carbocycles. The van der Waals surface area contributed by atoms with E-state index in [-0.39, 0.29) is 0 Å². The van der Waals surface area contributed by atoms with E-state index in [4.69, 9.17) is 9.72 Å². The van der Waals surface area contributed by atoms with E-state index < -0.39 is 8.07 Å². The van der Waals surface area contributed by atoms with Crippen molar-refractivity contribution in [3.63, 3.8) is 0 Å². The van der Waals surface area contributed by atoms with Crippen LogP contribution in [0.15, 0.2) is 16.7 Å². The molecule has 0 unspecified atom stereocenters. The van der Waals surface area contributed by atoms with Crippen LogP contribution in [-0.2, 0) is 24.3 Å². The van der Waals surface area contributed by atoms with Crippen molar-refractivity contribution in [2.24, 2.45) is 0 Å². The average molecular weight is 395 g/mol. The Balaban J connectivity index is 1.88. The second-order valence-electron chi connectivity index (χ2n) is 7.77. The van der Waals surface area contributed by atoms with Gasteiger partial charge in [0.1, 0.15) is 17.0 Å². The highest BCUT2D eigenvalue weighted by atomic mass is 79.9. The van der Waals surface area contributed by atoms with Gasteiger partial charge < -0.3 is 9.30 Å². The van der Waals surface area contributed by atoms with Gasteiger partial charge in [-0.1, -0.05) is 26.1 Å². The SMILES string of the molecule is C[Si](C)(C)CCOCn1c2c(c3ccc(Br)nc31)CCCCC2. The summed E-state index contributed by atoms with van der Waals surface area (Å²) >= 11 is 3.52. The van der Waals surface area contributed by atoms with Crippen LogP contribution >= 0.6 is 15.9 Å². The molecule has 3 rings (SSSR count). The second-order valence-corrected chi connectivity index (χ2v) is 14.2. The van der Waals surface area contributed by atoms with Gasteiger partial charge in [-0.2, -0.15) is 0 Å². The van der Waals surface area contributed by atoms with Crippen LogP contribution in [0.1, 0.15) is 30.5 Å². The maximum Gasteiger partial charge on any atom is 0.143 e. The Hall–Kier alpha value is -0.653. The summed E-state index contributed by atoms with van der Waals surface area (Å²) < 4.78 is 9.28. The summed E-state index contributed by atoms with van der Waals surface area (Å²) in [6, 6.07) is 5.49. The predicted molar refractivity (Wildman–Crippen MR) is 103 cm³/mol. The number of hydrogen-bond acceptors (Lipinski definition) is 2. The van der Waals surface area contributed by atoms with Crippen LogP contribution < -0.4 is 0 Å². The van der Waals surface area contributed by atoms with Gasteiger partial charge in [-0.3, -0.25) is 0 Å². The standard InChI is InChI=1S/C18H27BrN2OSi/c1-23(2,3)12-11-22-13-21-16-8-6-4-5-7-14(16)15-9-10-17(19)20-18(15)21/h9-10H,4-8,11-13H2,1-3H3. The highest BCUT2D eigenvalue weighted by Gasteiger charge is 2.20. The maximum atomic E-state index is 6.05. The second kappa shape index (κ2) is 7.07. The largest absolute Gasteiger partial charge is 0.361 e. The molecule has 0 N–H and O–H groups in total. The molecule has 5 heteroatoms. The Kier molecular flexibility index (Phi) is 5.28. The molecule has 0 saturated heterocycles. The van der Waals surface area contributed by atoms with Crippen molar-refractivity contribution in [2.75, 3.05) is 6.61 Å². The third-order valence-electron chi connectivity index (χ3n) is 4.65. The zero-order valence-corrected chi connectivity index (χ0v) is 17.1. The molecule has 126 valence electrons. The lowest BCUT2D eigenvalue weighted by atomic mass is 10.1. The molecule has 0 fully saturated rings. The van der Waals surface area contributed by atoms with Gasteiger partial charge in [0, 0.05) is 25.8 Å². The monoisotopic (exact) mass is 394 g/mol. The Morgan fingerprint density at radius 2 is 1.96 bits per heavy atom. The van der Waals surface area contributed by atoms with Crippen LogP contribution in [0.3, 0.4) is 0 Å². The molecule has 0 spiro atoms. The van der Waals surface area contributed by atoms with Crippen LogP contribution in [0.25, 0.3) is 11.0 Å². The van der Waals surface area contributed by atoms with Crippen molar-refractivity contribution >= 4 is 35.0 Å². The van der Waals surface area contributed by atoms with E-state index in [1.807, 2.05) is 0 Å². The van der Waals surface area contributed by atoms with Gasteiger partial charge in [-0.15, -0.1) is 0 Å². The molecule has 0 atom stereocenters. The molecule has 0 aromatic carbocycles. The number of nitrogens with zero attached hydrogens (tertiary/aromatic N) is 2. The summed E-state index contributed by atoms with van der Waals surface area (Å²) in [7, 11) is -1.04. The molecular weight excluding hydrogens is 368 g/mol. The number of rotatable bonds is 5. The van der Waals surface area contributed by atoms with E-state index in [1.54, 1.807) is 0 Å². The first-order chi connectivity index (χ1) is 11.0. The van der Waals surface area contributed by atoms with Gasteiger partial charge in [0.05, 0.1) is 0 Å². The normalized spacial score (nSPS) is 15.7. The van der Waals surface area contributed by atoms with Crippen molar-refractivity contribution < 1.29 is 4.74 Å². The highest BCUT2D eigenvalue weighted by Crippen LogP contribution is 2.31. The minimum atomic E-state index is -1.04. The average Bonchev–Trinajstić information content (AvgIpc) is 2.63. The molecule has 2 aromatic rings. The predicted octanol–water partition coefficient (Wildman–Crippen LogP) is 5.38. The first-order valence-corrected chi connectivity index (χ1v) is 13.2. The fraction of sp³-hybridized carbons (Fsp3) is 0.611. The van der Waals surface area contributed by atoms with Gasteiger partial charge in [0.2, 0.25) is 0 Å². The Morgan fingerprint density at radius 3 is 2.74 bits per heavy atom. The number of pyridine rings is 1. The minimum Gasteiger partial charge on any atom is -0.361 e. The van der Waals surface area contributed by atoms with Crippen molar-refractivity contribution in [2.45, 2.75) is 64.5 Å². The lowest BCUT2D eigenvalue weighted by molar-refractivity contribution is 0.0880. The zero-order chi connectivity index (χ0) is 16.4. The van der Waals surface area contributed by atoms with Crippen LogP contribution in [0.4, 0.5) is 0 Å². The zero-order valence-electron chi connectivity index (χ0n) is 14.5. The van der Waals surface area contributed by atoms with Crippen molar-refractivity contribution in [3.8, 4) is 0 Å². The summed E-state index contributed by atoms with van der Waals surface area (Å²) in [6.07, 6.45) is 6.23. The van der Waals surface area contributed by atoms with Crippen LogP contribution in [0.5, 0.6) is 0 Å². The third-order valence-corrected chi connectivity index (χ3v) is 6.80. The fourth-order valence-electron chi connectivity index (χ4n) is 3.32. The topological polar surface area (TPSA) is 27.1 Å². The number of aromatic nitrogens is 2. The first kappa shape index (κ1) is 17.2. The molecule has 0 bridgehead atoms. The summed E-state index contributed by atoms with van der Waals surface area (Å²) in [5.41, 5.74) is 4.04. The van der Waals surface area contributed by atoms with Gasteiger partial charge in [-0.25, -0.2) is 4.98 Å². The molecule has 2 heterocycles. The van der Waals surface area contributed by atoms with Crippen LogP contribution in [0, 0.1) is 0 Å². The fourth-order valence-corrected chi connectivity index (χ4v) is 4.38. The molecule has 0 radical (unpaired) electrons. The number of fused-ring (bicyclic) bond motifs is 3. The Labute approximate surface area is 148 Å². The van der Waals surface area contributed by atoms with Gasteiger partial charge in [0.15, 0.2) is 0 Å². The lowest BCUT2D eigenvalue weighted by Crippen LogP contribution is -2.22. The van der Waals surface area contributed by atoms with E-state index in [0.717, 1.165) is 23.3 Å². The maximum absolute atomic E-state index is 6.05. The summed E-state index contributed by atoms with van der Waals surface area (Å²) in [6.45, 7) is 8.68. The molecule has 2 aromatic heterocycles. The molecular formula is C18H27BrN2OSi. The molecule has 0 aliphatic heterocycles. The third kappa shape index (κ3) is 4.06. The Bertz CT molecular complexity index is 690. The number of ether oxygens (including phenoxy) is 1. The minimum absolute atomic E-state index is 0.639. The van der Waals surface area contributed by atoms with E-state index in [0.29, 0.717) is 6.73 Å². The first-order valence-electron chi connectivity index (χ1n) is 8.70. The highest BCUT2D eigenvalue weighted by molar-refractivity contribution is 9.10. The van der Waals surface area contributed by atoms with E-state index in [1.165, 1.54) is 48.4 Å². The summed E-state index contributed by atoms with van der Waals surface area (Å²) in [4.78, 5) is 4.75. The number of hydrogen-bond donors (Lipinski definition) is 0. The van der Waals surface area contributed by atoms with Gasteiger partial charge in [0.25, 0.3) is 0 Å². The molecule has 1 aliphatic rings. The van der Waals surface area contributed by atoms with E-state index in [2.05, 4.69) is 52.3 Å². The number of halogens is 1. The van der Waals surface area contributed by atoms with Crippen molar-refractivity contribution in [1.29, 1.82) is 0 Å². The van der Waals surface area contributed by atoms with E-state index >= 15 is 0 Å². The summed E-state index contributed by atoms with van der Waals surface area (Å²) in [5.74, 6) is 0. The van der Waals surface area contributed by atoms with Crippen molar-refractivity contribution in [1.82, 2.24) is 9.55 Å². The molecule has 1 aliphatic carbocycles. The quantitative estimate of drug-likeness (QED) is 0.294. The number of aryl methyl sites for hydroxylation is 1. The van der Waals surface area contributed by atoms with Gasteiger partial charge in [-0.05, 0) is 65.4 Å². The molecule has 23 heavy (non-hydrogen) atoms. The van der Waals surface area contributed by atoms with Gasteiger partial charge >= 0.3 is 0 Å². The summed E-state index contributed by atoms with van der Waals surface area (Å²) in [5, 5.41) is 1.32. The molecule has 3 nitrogen and oxygen atoms in total. The Morgan fingerprint density at radius 1 is 1.17 bits per heavy atom. The van der Waals surface area contributed by atoms with Crippen molar-refractivity contribution in [3.05, 3.63) is 28.0 Å². The van der Waals surface area contributed by atoms with Crippen LogP contribution in [0.2, 0.25) is 25.7 Å². The smallest absolute Gasteiger partial charge is 0.143 e.